The summed E-state index contributed by atoms with van der Waals surface area (Å²) in [5.74, 6) is -4.07. The molecule has 0 aromatic carbocycles. The second kappa shape index (κ2) is 8.57. The number of allylic oxidation sites excluding steroid dienone is 1. The van der Waals surface area contributed by atoms with E-state index in [0.717, 1.165) is 12.8 Å². The number of alkyl halides is 2. The smallest absolute Gasteiger partial charge is 0.270 e. The molecule has 2 fully saturated rings. The molecule has 0 radical (unpaired) electrons. The third-order valence-electron chi connectivity index (χ3n) is 5.43. The predicted octanol–water partition coefficient (Wildman–Crippen LogP) is 3.81. The molecule has 0 spiro atoms. The van der Waals surface area contributed by atoms with E-state index >= 15 is 0 Å². The van der Waals surface area contributed by atoms with E-state index in [1.54, 1.807) is 20.8 Å². The van der Waals surface area contributed by atoms with Crippen molar-refractivity contribution in [2.45, 2.75) is 77.7 Å². The zero-order valence-electron chi connectivity index (χ0n) is 16.9. The third-order valence-corrected chi connectivity index (χ3v) is 5.43. The maximum Gasteiger partial charge on any atom is 0.270 e. The van der Waals surface area contributed by atoms with Gasteiger partial charge in [-0.05, 0) is 32.1 Å². The molecule has 28 heavy (non-hydrogen) atoms. The van der Waals surface area contributed by atoms with Crippen LogP contribution in [0.25, 0.3) is 0 Å². The van der Waals surface area contributed by atoms with E-state index in [0.29, 0.717) is 13.0 Å². The van der Waals surface area contributed by atoms with Gasteiger partial charge in [0.25, 0.3) is 5.91 Å². The van der Waals surface area contributed by atoms with Crippen LogP contribution in [-0.2, 0) is 9.59 Å². The lowest BCUT2D eigenvalue weighted by molar-refractivity contribution is -0.147. The molecule has 6 nitrogen and oxygen atoms in total. The zero-order valence-corrected chi connectivity index (χ0v) is 16.9. The van der Waals surface area contributed by atoms with E-state index in [1.807, 2.05) is 0 Å². The van der Waals surface area contributed by atoms with Crippen LogP contribution < -0.4 is 5.73 Å². The number of hydrogen-bond donors (Lipinski definition) is 2. The van der Waals surface area contributed by atoms with Crippen molar-refractivity contribution in [2.75, 3.05) is 6.54 Å². The standard InChI is InChI=1S/C20H31F2N3O3.H2/c1-19(2,3)15(26)12-16(23)24-17(27)14-6-4-5-11-25(14)18(28)13-7-9-20(21,22)10-8-13;/h12-14,26H,4-11H2,1-3H3,(H2,23,24,27);1H/b15-12-;/t14-;/m0./s1. The number of hydrogen-bond acceptors (Lipinski definition) is 3. The van der Waals surface area contributed by atoms with E-state index in [9.17, 15) is 23.5 Å². The number of nitrogens with two attached hydrogens (primary N) is 1. The van der Waals surface area contributed by atoms with Crippen LogP contribution in [0.4, 0.5) is 8.78 Å². The minimum Gasteiger partial charge on any atom is -0.512 e. The van der Waals surface area contributed by atoms with Crippen LogP contribution in [0.2, 0.25) is 0 Å². The molecule has 2 rings (SSSR count). The van der Waals surface area contributed by atoms with Gasteiger partial charge in [-0.15, -0.1) is 0 Å². The number of carbonyl (C=O) groups is 2. The summed E-state index contributed by atoms with van der Waals surface area (Å²) in [6.07, 6.45) is 2.95. The van der Waals surface area contributed by atoms with Crippen molar-refractivity contribution in [3.63, 3.8) is 0 Å². The lowest BCUT2D eigenvalue weighted by Crippen LogP contribution is -2.50. The number of piperidine rings is 1. The molecule has 0 unspecified atom stereocenters. The Morgan fingerprint density at radius 3 is 2.39 bits per heavy atom. The van der Waals surface area contributed by atoms with Gasteiger partial charge in [-0.1, -0.05) is 20.8 Å². The molecular weight excluding hydrogens is 368 g/mol. The van der Waals surface area contributed by atoms with Crippen LogP contribution >= 0.6 is 0 Å². The van der Waals surface area contributed by atoms with Gasteiger partial charge >= 0.3 is 0 Å². The highest BCUT2D eigenvalue weighted by Crippen LogP contribution is 2.37. The average molecular weight is 401 g/mol. The zero-order chi connectivity index (χ0) is 21.1. The minimum atomic E-state index is -2.70. The van der Waals surface area contributed by atoms with Gasteiger partial charge in [-0.2, -0.15) is 4.99 Å². The van der Waals surface area contributed by atoms with Gasteiger partial charge in [0.1, 0.15) is 17.6 Å². The molecule has 3 N–H and O–H groups in total. The van der Waals surface area contributed by atoms with Crippen molar-refractivity contribution in [3.05, 3.63) is 11.8 Å². The normalized spacial score (nSPS) is 24.9. The molecule has 160 valence electrons. The van der Waals surface area contributed by atoms with E-state index in [1.165, 1.54) is 11.0 Å². The van der Waals surface area contributed by atoms with Gasteiger partial charge in [0.05, 0.1) is 0 Å². The number of amidine groups is 1. The molecule has 2 aliphatic rings. The number of rotatable bonds is 3. The van der Waals surface area contributed by atoms with Crippen LogP contribution in [0.15, 0.2) is 16.8 Å². The lowest BCUT2D eigenvalue weighted by atomic mass is 9.85. The fourth-order valence-corrected chi connectivity index (χ4v) is 3.56. The maximum absolute atomic E-state index is 13.4. The van der Waals surface area contributed by atoms with Crippen LogP contribution in [0.3, 0.4) is 0 Å². The number of aliphatic hydroxyl groups excluding tert-OH is 1. The summed E-state index contributed by atoms with van der Waals surface area (Å²) in [6.45, 7) is 5.80. The minimum absolute atomic E-state index is 0. The third kappa shape index (κ3) is 5.75. The number of amides is 2. The highest BCUT2D eigenvalue weighted by atomic mass is 19.3. The van der Waals surface area contributed by atoms with Crippen molar-refractivity contribution in [1.82, 2.24) is 4.90 Å². The van der Waals surface area contributed by atoms with Crippen molar-refractivity contribution >= 4 is 17.6 Å². The molecule has 1 heterocycles. The van der Waals surface area contributed by atoms with Gasteiger partial charge in [0, 0.05) is 38.2 Å². The first-order valence-corrected chi connectivity index (χ1v) is 9.88. The Kier molecular flexibility index (Phi) is 6.83. The van der Waals surface area contributed by atoms with E-state index < -0.39 is 29.2 Å². The summed E-state index contributed by atoms with van der Waals surface area (Å²) in [5, 5.41) is 10.00. The highest BCUT2D eigenvalue weighted by molar-refractivity contribution is 6.02. The molecule has 0 bridgehead atoms. The van der Waals surface area contributed by atoms with E-state index in [4.69, 9.17) is 5.73 Å². The van der Waals surface area contributed by atoms with Gasteiger partial charge in [-0.3, -0.25) is 9.59 Å². The Balaban J connectivity index is 0.00000420. The molecule has 1 saturated heterocycles. The number of likely N-dealkylation sites (tertiary alicyclic amines) is 1. The molecule has 0 aromatic heterocycles. The second-order valence-electron chi connectivity index (χ2n) is 8.83. The monoisotopic (exact) mass is 401 g/mol. The van der Waals surface area contributed by atoms with Crippen LogP contribution in [0, 0.1) is 11.3 Å². The van der Waals surface area contributed by atoms with Crippen molar-refractivity contribution in [2.24, 2.45) is 22.1 Å². The average Bonchev–Trinajstić information content (AvgIpc) is 2.60. The summed E-state index contributed by atoms with van der Waals surface area (Å²) < 4.78 is 26.8. The van der Waals surface area contributed by atoms with E-state index in [2.05, 4.69) is 4.99 Å². The fraction of sp³-hybridized carbons (Fsp3) is 0.750. The number of halogens is 2. The van der Waals surface area contributed by atoms with Gasteiger partial charge in [0.2, 0.25) is 11.8 Å². The fourth-order valence-electron chi connectivity index (χ4n) is 3.56. The summed E-state index contributed by atoms with van der Waals surface area (Å²) in [7, 11) is 0. The van der Waals surface area contributed by atoms with E-state index in [-0.39, 0.29) is 44.6 Å². The second-order valence-corrected chi connectivity index (χ2v) is 8.83. The van der Waals surface area contributed by atoms with Crippen LogP contribution in [-0.4, -0.2) is 46.2 Å². The summed E-state index contributed by atoms with van der Waals surface area (Å²) in [5.41, 5.74) is 5.25. The Hall–Kier alpha value is -1.99. The Labute approximate surface area is 166 Å². The largest absolute Gasteiger partial charge is 0.512 e. The summed E-state index contributed by atoms with van der Waals surface area (Å²) in [4.78, 5) is 30.9. The van der Waals surface area contributed by atoms with Gasteiger partial charge in [0.15, 0.2) is 0 Å². The van der Waals surface area contributed by atoms with Crippen molar-refractivity contribution < 1.29 is 24.9 Å². The first-order chi connectivity index (χ1) is 12.9. The first-order valence-electron chi connectivity index (χ1n) is 9.88. The van der Waals surface area contributed by atoms with Gasteiger partial charge < -0.3 is 15.7 Å². The maximum atomic E-state index is 13.4. The molecule has 1 atom stereocenters. The molecule has 8 heteroatoms. The quantitative estimate of drug-likeness (QED) is 0.427. The summed E-state index contributed by atoms with van der Waals surface area (Å²) >= 11 is 0. The topological polar surface area (TPSA) is 96.0 Å². The Morgan fingerprint density at radius 2 is 1.82 bits per heavy atom. The molecule has 1 aliphatic carbocycles. The molecule has 1 saturated carbocycles. The molecular formula is C20H33F2N3O3. The highest BCUT2D eigenvalue weighted by Gasteiger charge is 2.41. The number of nitrogens with zero attached hydrogens (tertiary/aromatic N) is 2. The number of carbonyl (C=O) groups excluding carboxylic acids is 2. The van der Waals surface area contributed by atoms with Crippen LogP contribution in [0.5, 0.6) is 0 Å². The Bertz CT molecular complexity index is 664. The SMILES string of the molecule is CC(C)(C)/C(O)=C/C(N)=NC(=O)[C@@H]1CCCCN1C(=O)C1CCC(F)(F)CC1.[HH]. The predicted molar refractivity (Wildman–Crippen MR) is 105 cm³/mol. The molecule has 2 amide bonds. The summed E-state index contributed by atoms with van der Waals surface area (Å²) in [6, 6.07) is -0.729. The van der Waals surface area contributed by atoms with Crippen molar-refractivity contribution in [3.8, 4) is 0 Å². The lowest BCUT2D eigenvalue weighted by Gasteiger charge is -2.37. The number of aliphatic imine (C=N–C) groups is 1. The van der Waals surface area contributed by atoms with Crippen molar-refractivity contribution in [1.29, 1.82) is 0 Å². The Morgan fingerprint density at radius 1 is 1.21 bits per heavy atom. The first kappa shape index (κ1) is 22.3. The number of aliphatic hydroxyl groups is 1. The van der Waals surface area contributed by atoms with Crippen LogP contribution in [0.1, 0.15) is 67.1 Å². The van der Waals surface area contributed by atoms with Gasteiger partial charge in [-0.25, -0.2) is 8.78 Å². The molecule has 1 aliphatic heterocycles. The molecule has 0 aromatic rings.